The molecule has 2 amide bonds. The summed E-state index contributed by atoms with van der Waals surface area (Å²) in [4.78, 5) is 29.2. The van der Waals surface area contributed by atoms with Crippen LogP contribution in [0.4, 0.5) is 0 Å². The van der Waals surface area contributed by atoms with Crippen molar-refractivity contribution in [2.24, 2.45) is 0 Å². The molecule has 1 saturated carbocycles. The van der Waals surface area contributed by atoms with E-state index in [9.17, 15) is 18.0 Å². The predicted molar refractivity (Wildman–Crippen MR) is 153 cm³/mol. The van der Waals surface area contributed by atoms with Crippen molar-refractivity contribution in [3.8, 4) is 0 Å². The number of sulfonamides is 1. The topological polar surface area (TPSA) is 86.8 Å². The number of hydrogen-bond donors (Lipinski definition) is 1. The summed E-state index contributed by atoms with van der Waals surface area (Å²) in [7, 11) is -2.59. The molecule has 0 bridgehead atoms. The Balaban J connectivity index is 1.64. The molecule has 3 aromatic carbocycles. The molecule has 0 aromatic heterocycles. The molecule has 3 aromatic rings. The first-order valence-corrected chi connectivity index (χ1v) is 15.0. The number of likely N-dealkylation sites (N-methyl/N-ethyl adjacent to an activating group) is 1. The van der Waals surface area contributed by atoms with Crippen LogP contribution in [0.15, 0.2) is 89.8 Å². The van der Waals surface area contributed by atoms with Gasteiger partial charge in [-0.2, -0.15) is 4.31 Å². The lowest BCUT2D eigenvalue weighted by Gasteiger charge is -2.33. The van der Waals surface area contributed by atoms with Gasteiger partial charge in [-0.05, 0) is 48.2 Å². The molecule has 4 rings (SSSR count). The molecule has 206 valence electrons. The van der Waals surface area contributed by atoms with Crippen molar-refractivity contribution >= 4 is 33.4 Å². The summed E-state index contributed by atoms with van der Waals surface area (Å²) in [5.74, 6) is -0.681. The van der Waals surface area contributed by atoms with E-state index in [1.807, 2.05) is 60.7 Å². The van der Waals surface area contributed by atoms with Crippen LogP contribution in [0.2, 0.25) is 5.02 Å². The molecule has 0 heterocycles. The van der Waals surface area contributed by atoms with E-state index in [-0.39, 0.29) is 23.4 Å². The maximum absolute atomic E-state index is 13.9. The molecule has 1 N–H and O–H groups in total. The molecular formula is C30H34ClN3O4S. The van der Waals surface area contributed by atoms with Gasteiger partial charge in [0.25, 0.3) is 0 Å². The summed E-state index contributed by atoms with van der Waals surface area (Å²) in [6, 6.07) is 24.1. The average molecular weight is 568 g/mol. The fourth-order valence-electron chi connectivity index (χ4n) is 4.85. The van der Waals surface area contributed by atoms with Gasteiger partial charge in [-0.15, -0.1) is 0 Å². The Morgan fingerprint density at radius 2 is 1.46 bits per heavy atom. The number of benzene rings is 3. The minimum atomic E-state index is -3.95. The van der Waals surface area contributed by atoms with Crippen LogP contribution in [-0.2, 0) is 32.6 Å². The zero-order chi connectivity index (χ0) is 27.8. The van der Waals surface area contributed by atoms with Crippen LogP contribution in [-0.4, -0.2) is 55.1 Å². The van der Waals surface area contributed by atoms with Crippen LogP contribution in [0.5, 0.6) is 0 Å². The molecule has 39 heavy (non-hydrogen) atoms. The maximum atomic E-state index is 13.9. The second-order valence-corrected chi connectivity index (χ2v) is 12.4. The minimum Gasteiger partial charge on any atom is -0.352 e. The third kappa shape index (κ3) is 7.68. The Labute approximate surface area is 235 Å². The van der Waals surface area contributed by atoms with E-state index in [2.05, 4.69) is 5.32 Å². The van der Waals surface area contributed by atoms with Crippen LogP contribution >= 0.6 is 11.6 Å². The molecule has 0 unspecified atom stereocenters. The lowest BCUT2D eigenvalue weighted by Crippen LogP contribution is -2.54. The van der Waals surface area contributed by atoms with Crippen LogP contribution in [0.3, 0.4) is 0 Å². The second kappa shape index (κ2) is 13.2. The highest BCUT2D eigenvalue weighted by Crippen LogP contribution is 2.21. The number of rotatable bonds is 11. The molecule has 0 aliphatic heterocycles. The third-order valence-electron chi connectivity index (χ3n) is 7.05. The summed E-state index contributed by atoms with van der Waals surface area (Å²) in [5.41, 5.74) is 1.76. The standard InChI is InChI=1S/C30H34ClN3O4S/c1-33(39(37,38)27-18-16-25(31)17-19-27)22-29(35)34(21-24-12-6-3-7-13-24)28(20-23-10-4-2-5-11-23)30(36)32-26-14-8-9-15-26/h2-7,10-13,16-19,26,28H,8-9,14-15,20-22H2,1H3,(H,32,36)/t28-/m0/s1. The van der Waals surface area contributed by atoms with E-state index in [4.69, 9.17) is 11.6 Å². The fraction of sp³-hybridized carbons (Fsp3) is 0.333. The molecule has 0 spiro atoms. The Morgan fingerprint density at radius 1 is 0.897 bits per heavy atom. The lowest BCUT2D eigenvalue weighted by atomic mass is 10.0. The SMILES string of the molecule is CN(CC(=O)N(Cc1ccccc1)[C@@H](Cc1ccccc1)C(=O)NC1CCCC1)S(=O)(=O)c1ccc(Cl)cc1. The normalized spacial score (nSPS) is 14.7. The van der Waals surface area contributed by atoms with Gasteiger partial charge in [-0.3, -0.25) is 9.59 Å². The number of hydrogen-bond acceptors (Lipinski definition) is 4. The predicted octanol–water partition coefficient (Wildman–Crippen LogP) is 4.66. The van der Waals surface area contributed by atoms with Gasteiger partial charge in [0.05, 0.1) is 11.4 Å². The van der Waals surface area contributed by atoms with Crippen molar-refractivity contribution in [1.82, 2.24) is 14.5 Å². The van der Waals surface area contributed by atoms with E-state index in [0.29, 0.717) is 11.4 Å². The fourth-order valence-corrected chi connectivity index (χ4v) is 6.10. The lowest BCUT2D eigenvalue weighted by molar-refractivity contribution is -0.141. The third-order valence-corrected chi connectivity index (χ3v) is 9.12. The van der Waals surface area contributed by atoms with Gasteiger partial charge < -0.3 is 10.2 Å². The largest absolute Gasteiger partial charge is 0.352 e. The zero-order valence-electron chi connectivity index (χ0n) is 22.0. The molecular weight excluding hydrogens is 534 g/mol. The van der Waals surface area contributed by atoms with Gasteiger partial charge in [0.1, 0.15) is 6.04 Å². The summed E-state index contributed by atoms with van der Waals surface area (Å²) in [6.07, 6.45) is 4.27. The van der Waals surface area contributed by atoms with Crippen LogP contribution in [0.25, 0.3) is 0 Å². The first kappa shape index (κ1) is 28.8. The van der Waals surface area contributed by atoms with E-state index in [1.165, 1.54) is 36.2 Å². The van der Waals surface area contributed by atoms with Gasteiger partial charge in [0.15, 0.2) is 0 Å². The Bertz CT molecular complexity index is 1350. The molecule has 1 fully saturated rings. The number of amides is 2. The maximum Gasteiger partial charge on any atom is 0.243 e. The number of halogens is 1. The van der Waals surface area contributed by atoms with Crippen molar-refractivity contribution in [2.75, 3.05) is 13.6 Å². The Morgan fingerprint density at radius 3 is 2.05 bits per heavy atom. The highest BCUT2D eigenvalue weighted by atomic mass is 35.5. The van der Waals surface area contributed by atoms with Crippen molar-refractivity contribution in [3.05, 3.63) is 101 Å². The van der Waals surface area contributed by atoms with E-state index < -0.39 is 28.5 Å². The van der Waals surface area contributed by atoms with Gasteiger partial charge in [0.2, 0.25) is 21.8 Å². The number of nitrogens with one attached hydrogen (secondary N) is 1. The molecule has 1 atom stereocenters. The van der Waals surface area contributed by atoms with Crippen molar-refractivity contribution in [2.45, 2.75) is 55.6 Å². The number of nitrogens with zero attached hydrogens (tertiary/aromatic N) is 2. The van der Waals surface area contributed by atoms with Crippen molar-refractivity contribution < 1.29 is 18.0 Å². The molecule has 1 aliphatic carbocycles. The molecule has 1 aliphatic rings. The molecule has 9 heteroatoms. The van der Waals surface area contributed by atoms with E-state index in [0.717, 1.165) is 41.1 Å². The molecule has 0 saturated heterocycles. The zero-order valence-corrected chi connectivity index (χ0v) is 23.6. The van der Waals surface area contributed by atoms with E-state index >= 15 is 0 Å². The highest BCUT2D eigenvalue weighted by molar-refractivity contribution is 7.89. The smallest absolute Gasteiger partial charge is 0.243 e. The van der Waals surface area contributed by atoms with Crippen LogP contribution < -0.4 is 5.32 Å². The summed E-state index contributed by atoms with van der Waals surface area (Å²) < 4.78 is 27.5. The Hall–Kier alpha value is -3.20. The first-order chi connectivity index (χ1) is 18.7. The minimum absolute atomic E-state index is 0.0385. The van der Waals surface area contributed by atoms with Gasteiger partial charge in [0, 0.05) is 31.1 Å². The number of carbonyl (C=O) groups is 2. The van der Waals surface area contributed by atoms with Crippen molar-refractivity contribution in [1.29, 1.82) is 0 Å². The highest BCUT2D eigenvalue weighted by Gasteiger charge is 2.34. The van der Waals surface area contributed by atoms with Crippen LogP contribution in [0.1, 0.15) is 36.8 Å². The molecule has 7 nitrogen and oxygen atoms in total. The van der Waals surface area contributed by atoms with Gasteiger partial charge in [-0.25, -0.2) is 8.42 Å². The van der Waals surface area contributed by atoms with Crippen LogP contribution in [0, 0.1) is 0 Å². The Kier molecular flexibility index (Phi) is 9.78. The van der Waals surface area contributed by atoms with Crippen molar-refractivity contribution in [3.63, 3.8) is 0 Å². The number of carbonyl (C=O) groups excluding carboxylic acids is 2. The monoisotopic (exact) mass is 567 g/mol. The van der Waals surface area contributed by atoms with Gasteiger partial charge >= 0.3 is 0 Å². The summed E-state index contributed by atoms with van der Waals surface area (Å²) in [5, 5.41) is 3.57. The van der Waals surface area contributed by atoms with Gasteiger partial charge in [-0.1, -0.05) is 85.1 Å². The van der Waals surface area contributed by atoms with E-state index in [1.54, 1.807) is 0 Å². The first-order valence-electron chi connectivity index (χ1n) is 13.1. The molecule has 0 radical (unpaired) electrons. The second-order valence-electron chi connectivity index (χ2n) is 9.92. The average Bonchev–Trinajstić information content (AvgIpc) is 3.45. The summed E-state index contributed by atoms with van der Waals surface area (Å²) >= 11 is 5.93. The quantitative estimate of drug-likeness (QED) is 0.365. The summed E-state index contributed by atoms with van der Waals surface area (Å²) in [6.45, 7) is -0.246.